The van der Waals surface area contributed by atoms with Gasteiger partial charge in [-0.1, -0.05) is 51.5 Å². The predicted molar refractivity (Wildman–Crippen MR) is 142 cm³/mol. The van der Waals surface area contributed by atoms with Crippen molar-refractivity contribution in [2.45, 2.75) is 110 Å². The van der Waals surface area contributed by atoms with Crippen molar-refractivity contribution in [1.82, 2.24) is 15.5 Å². The highest BCUT2D eigenvalue weighted by molar-refractivity contribution is 5.95. The Labute approximate surface area is 220 Å². The Morgan fingerprint density at radius 1 is 1.11 bits per heavy atom. The molecule has 0 bridgehead atoms. The molecular weight excluding hydrogens is 472 g/mol. The fraction of sp³-hybridized carbons (Fsp3) is 0.643. The van der Waals surface area contributed by atoms with Crippen molar-refractivity contribution in [2.75, 3.05) is 0 Å². The van der Waals surface area contributed by atoms with E-state index in [2.05, 4.69) is 10.6 Å². The quantitative estimate of drug-likeness (QED) is 0.391. The number of nitrogens with one attached hydrogen (secondary N) is 2. The van der Waals surface area contributed by atoms with Crippen LogP contribution in [0.15, 0.2) is 24.3 Å². The molecular formula is C28H44N4O5. The van der Waals surface area contributed by atoms with E-state index >= 15 is 0 Å². The summed E-state index contributed by atoms with van der Waals surface area (Å²) in [5, 5.41) is 5.58. The van der Waals surface area contributed by atoms with E-state index in [0.717, 1.165) is 24.8 Å². The molecule has 9 heteroatoms. The number of rotatable bonds is 12. The SMILES string of the molecule is CCCC(C)NC(=O)C(c1ccc(CC)cc1)N(C(=O)C(CC(N)=O)NC(=O)OC(C)(C)C)C1CC1C. The largest absolute Gasteiger partial charge is 0.444 e. The molecule has 0 aliphatic heterocycles. The molecule has 9 nitrogen and oxygen atoms in total. The van der Waals surface area contributed by atoms with E-state index in [4.69, 9.17) is 10.5 Å². The minimum absolute atomic E-state index is 0.0789. The Morgan fingerprint density at radius 2 is 1.70 bits per heavy atom. The zero-order valence-electron chi connectivity index (χ0n) is 23.3. The van der Waals surface area contributed by atoms with Crippen molar-refractivity contribution in [3.05, 3.63) is 35.4 Å². The second-order valence-corrected chi connectivity index (χ2v) is 11.1. The average Bonchev–Trinajstić information content (AvgIpc) is 3.50. The van der Waals surface area contributed by atoms with Crippen LogP contribution >= 0.6 is 0 Å². The lowest BCUT2D eigenvalue weighted by Crippen LogP contribution is -2.55. The lowest BCUT2D eigenvalue weighted by molar-refractivity contribution is -0.144. The van der Waals surface area contributed by atoms with Gasteiger partial charge in [0.2, 0.25) is 17.7 Å². The van der Waals surface area contributed by atoms with Crippen molar-refractivity contribution in [3.63, 3.8) is 0 Å². The Kier molecular flexibility index (Phi) is 10.5. The van der Waals surface area contributed by atoms with E-state index in [1.165, 1.54) is 4.90 Å². The lowest BCUT2D eigenvalue weighted by Gasteiger charge is -2.35. The van der Waals surface area contributed by atoms with Gasteiger partial charge >= 0.3 is 6.09 Å². The smallest absolute Gasteiger partial charge is 0.408 e. The Morgan fingerprint density at radius 3 is 2.16 bits per heavy atom. The molecule has 0 saturated heterocycles. The number of ether oxygens (including phenoxy) is 1. The van der Waals surface area contributed by atoms with Crippen LogP contribution < -0.4 is 16.4 Å². The second-order valence-electron chi connectivity index (χ2n) is 11.1. The zero-order chi connectivity index (χ0) is 27.9. The summed E-state index contributed by atoms with van der Waals surface area (Å²) in [4.78, 5) is 53.7. The summed E-state index contributed by atoms with van der Waals surface area (Å²) in [6.45, 7) is 13.1. The first kappa shape index (κ1) is 30.1. The normalized spacial score (nSPS) is 19.2. The topological polar surface area (TPSA) is 131 Å². The number of hydrogen-bond acceptors (Lipinski definition) is 5. The van der Waals surface area contributed by atoms with Gasteiger partial charge < -0.3 is 26.0 Å². The molecule has 4 N–H and O–H groups in total. The molecule has 2 rings (SSSR count). The monoisotopic (exact) mass is 516 g/mol. The van der Waals surface area contributed by atoms with Crippen LogP contribution in [0.4, 0.5) is 4.79 Å². The van der Waals surface area contributed by atoms with Crippen LogP contribution in [0.5, 0.6) is 0 Å². The van der Waals surface area contributed by atoms with Crippen molar-refractivity contribution >= 4 is 23.8 Å². The maximum atomic E-state index is 14.0. The molecule has 206 valence electrons. The van der Waals surface area contributed by atoms with E-state index in [1.54, 1.807) is 20.8 Å². The zero-order valence-corrected chi connectivity index (χ0v) is 23.3. The Bertz CT molecular complexity index is 956. The molecule has 4 amide bonds. The molecule has 0 spiro atoms. The second kappa shape index (κ2) is 12.9. The van der Waals surface area contributed by atoms with Gasteiger partial charge in [-0.05, 0) is 64.0 Å². The van der Waals surface area contributed by atoms with Crippen LogP contribution in [0.3, 0.4) is 0 Å². The summed E-state index contributed by atoms with van der Waals surface area (Å²) in [7, 11) is 0. The van der Waals surface area contributed by atoms with E-state index in [1.807, 2.05) is 52.0 Å². The van der Waals surface area contributed by atoms with Crippen molar-refractivity contribution < 1.29 is 23.9 Å². The van der Waals surface area contributed by atoms with Crippen LogP contribution in [0.2, 0.25) is 0 Å². The van der Waals surface area contributed by atoms with Gasteiger partial charge in [-0.25, -0.2) is 4.79 Å². The number of hydrogen-bond donors (Lipinski definition) is 3. The number of amides is 4. The lowest BCUT2D eigenvalue weighted by atomic mass is 9.99. The summed E-state index contributed by atoms with van der Waals surface area (Å²) < 4.78 is 5.32. The molecule has 1 aliphatic rings. The van der Waals surface area contributed by atoms with Crippen LogP contribution in [0, 0.1) is 5.92 Å². The highest BCUT2D eigenvalue weighted by Crippen LogP contribution is 2.41. The molecule has 1 saturated carbocycles. The Hall–Kier alpha value is -3.10. The molecule has 5 unspecified atom stereocenters. The Balaban J connectivity index is 2.50. The number of primary amides is 1. The maximum Gasteiger partial charge on any atom is 0.408 e. The number of nitrogens with zero attached hydrogens (tertiary/aromatic N) is 1. The highest BCUT2D eigenvalue weighted by Gasteiger charge is 2.48. The summed E-state index contributed by atoms with van der Waals surface area (Å²) in [6, 6.07) is 5.14. The first-order chi connectivity index (χ1) is 17.3. The number of carbonyl (C=O) groups excluding carboxylic acids is 4. The molecule has 1 fully saturated rings. The first-order valence-electron chi connectivity index (χ1n) is 13.3. The highest BCUT2D eigenvalue weighted by atomic mass is 16.6. The van der Waals surface area contributed by atoms with Crippen molar-refractivity contribution in [1.29, 1.82) is 0 Å². The number of aryl methyl sites for hydroxylation is 1. The van der Waals surface area contributed by atoms with Gasteiger partial charge in [-0.3, -0.25) is 14.4 Å². The van der Waals surface area contributed by atoms with Crippen molar-refractivity contribution in [2.24, 2.45) is 11.7 Å². The molecule has 5 atom stereocenters. The summed E-state index contributed by atoms with van der Waals surface area (Å²) in [6.07, 6.45) is 2.01. The molecule has 1 aromatic carbocycles. The van der Waals surface area contributed by atoms with E-state index in [0.29, 0.717) is 12.0 Å². The standard InChI is InChI=1S/C28H44N4O5/c1-8-10-18(4)30-25(34)24(20-13-11-19(9-2)12-14-20)32(22-15-17(22)3)26(35)21(16-23(29)33)31-27(36)37-28(5,6)7/h11-14,17-18,21-22,24H,8-10,15-16H2,1-7H3,(H2,29,33)(H,30,34)(H,31,36). The van der Waals surface area contributed by atoms with Gasteiger partial charge in [0.15, 0.2) is 0 Å². The maximum absolute atomic E-state index is 14.0. The van der Waals surface area contributed by atoms with Gasteiger partial charge in [0.25, 0.3) is 0 Å². The predicted octanol–water partition coefficient (Wildman–Crippen LogP) is 3.60. The summed E-state index contributed by atoms with van der Waals surface area (Å²) in [5.74, 6) is -1.42. The average molecular weight is 517 g/mol. The number of nitrogens with two attached hydrogens (primary N) is 1. The molecule has 1 aromatic rings. The van der Waals surface area contributed by atoms with Crippen LogP contribution in [-0.2, 0) is 25.5 Å². The van der Waals surface area contributed by atoms with Crippen LogP contribution in [0.1, 0.15) is 91.3 Å². The third-order valence-corrected chi connectivity index (χ3v) is 6.41. The van der Waals surface area contributed by atoms with E-state index in [9.17, 15) is 19.2 Å². The summed E-state index contributed by atoms with van der Waals surface area (Å²) in [5.41, 5.74) is 6.43. The third kappa shape index (κ3) is 9.05. The summed E-state index contributed by atoms with van der Waals surface area (Å²) >= 11 is 0. The molecule has 37 heavy (non-hydrogen) atoms. The van der Waals surface area contributed by atoms with Crippen LogP contribution in [-0.4, -0.2) is 52.4 Å². The molecule has 0 radical (unpaired) electrons. The van der Waals surface area contributed by atoms with Crippen molar-refractivity contribution in [3.8, 4) is 0 Å². The molecule has 0 heterocycles. The van der Waals surface area contributed by atoms with Gasteiger partial charge in [0.05, 0.1) is 6.42 Å². The third-order valence-electron chi connectivity index (χ3n) is 6.41. The number of alkyl carbamates (subject to hydrolysis) is 1. The number of benzene rings is 1. The molecule has 0 aromatic heterocycles. The van der Waals surface area contributed by atoms with E-state index < -0.39 is 42.0 Å². The number of carbonyl (C=O) groups is 4. The van der Waals surface area contributed by atoms with Gasteiger partial charge in [-0.2, -0.15) is 0 Å². The van der Waals surface area contributed by atoms with Gasteiger partial charge in [-0.15, -0.1) is 0 Å². The van der Waals surface area contributed by atoms with Crippen LogP contribution in [0.25, 0.3) is 0 Å². The fourth-order valence-corrected chi connectivity index (χ4v) is 4.40. The van der Waals surface area contributed by atoms with Gasteiger partial charge in [0, 0.05) is 12.1 Å². The minimum Gasteiger partial charge on any atom is -0.444 e. The first-order valence-corrected chi connectivity index (χ1v) is 13.3. The fourth-order valence-electron chi connectivity index (χ4n) is 4.40. The molecule has 1 aliphatic carbocycles. The minimum atomic E-state index is -1.27. The van der Waals surface area contributed by atoms with E-state index in [-0.39, 0.29) is 23.9 Å². The van der Waals surface area contributed by atoms with Gasteiger partial charge in [0.1, 0.15) is 17.7 Å².